The topological polar surface area (TPSA) is 62.7 Å². The standard InChI is InChI=1S/C30H35Cl2FN2O3/c1-38-23-9-11-28-25(18-23)24(13-15-34-28)27(33)10-7-20-14-17-35(19-22(20)8-12-29(36)37)16-3-5-21-4-2-6-26(31)30(21)32/h2,4,6,9,11,13,15,18,20,22,27H,3,5,7-8,10,12,14,16-17,19H2,1H3,(H,36,37)/t20?,22?,27-/m0/s1. The molecular formula is C30H35Cl2FN2O3. The summed E-state index contributed by atoms with van der Waals surface area (Å²) in [6.45, 7) is 2.69. The van der Waals surface area contributed by atoms with Gasteiger partial charge in [0.15, 0.2) is 0 Å². The molecule has 1 aliphatic rings. The molecule has 1 aliphatic heterocycles. The average molecular weight is 562 g/mol. The third-order valence-corrected chi connectivity index (χ3v) is 8.63. The molecule has 0 radical (unpaired) electrons. The van der Waals surface area contributed by atoms with Gasteiger partial charge in [-0.2, -0.15) is 0 Å². The molecule has 1 fully saturated rings. The number of hydrogen-bond acceptors (Lipinski definition) is 4. The van der Waals surface area contributed by atoms with Gasteiger partial charge in [-0.3, -0.25) is 9.78 Å². The van der Waals surface area contributed by atoms with Crippen LogP contribution in [0.1, 0.15) is 55.8 Å². The first kappa shape index (κ1) is 28.6. The fourth-order valence-electron chi connectivity index (χ4n) is 5.67. The van der Waals surface area contributed by atoms with Crippen molar-refractivity contribution < 1.29 is 19.0 Å². The van der Waals surface area contributed by atoms with Gasteiger partial charge in [0.25, 0.3) is 0 Å². The number of pyridine rings is 1. The van der Waals surface area contributed by atoms with Crippen LogP contribution in [0, 0.1) is 11.8 Å². The highest BCUT2D eigenvalue weighted by Crippen LogP contribution is 2.37. The van der Waals surface area contributed by atoms with E-state index in [1.807, 2.05) is 30.3 Å². The number of methoxy groups -OCH3 is 1. The Balaban J connectivity index is 1.36. The van der Waals surface area contributed by atoms with Crippen molar-refractivity contribution in [2.75, 3.05) is 26.7 Å². The van der Waals surface area contributed by atoms with Gasteiger partial charge in [-0.1, -0.05) is 35.3 Å². The van der Waals surface area contributed by atoms with Crippen LogP contribution in [-0.4, -0.2) is 47.7 Å². The molecule has 3 atom stereocenters. The number of ether oxygens (including phenoxy) is 1. The van der Waals surface area contributed by atoms with Gasteiger partial charge in [-0.15, -0.1) is 0 Å². The number of halogens is 3. The highest BCUT2D eigenvalue weighted by Gasteiger charge is 2.30. The Morgan fingerprint density at radius 2 is 2.05 bits per heavy atom. The number of alkyl halides is 1. The number of aryl methyl sites for hydroxylation is 1. The highest BCUT2D eigenvalue weighted by molar-refractivity contribution is 6.42. The van der Waals surface area contributed by atoms with Crippen LogP contribution in [0.2, 0.25) is 10.0 Å². The summed E-state index contributed by atoms with van der Waals surface area (Å²) in [7, 11) is 1.60. The monoisotopic (exact) mass is 560 g/mol. The summed E-state index contributed by atoms with van der Waals surface area (Å²) in [5.41, 5.74) is 2.43. The summed E-state index contributed by atoms with van der Waals surface area (Å²) < 4.78 is 20.9. The number of piperidine rings is 1. The van der Waals surface area contributed by atoms with Gasteiger partial charge in [-0.05, 0) is 105 Å². The minimum atomic E-state index is -1.12. The Labute approximate surface area is 233 Å². The van der Waals surface area contributed by atoms with Crippen molar-refractivity contribution in [3.05, 3.63) is 69.8 Å². The second kappa shape index (κ2) is 13.6. The van der Waals surface area contributed by atoms with E-state index >= 15 is 4.39 Å². The highest BCUT2D eigenvalue weighted by atomic mass is 35.5. The second-order valence-corrected chi connectivity index (χ2v) is 11.0. The van der Waals surface area contributed by atoms with Crippen LogP contribution < -0.4 is 4.74 Å². The number of carboxylic acids is 1. The normalized spacial score (nSPS) is 18.9. The molecule has 4 rings (SSSR count). The Hall–Kier alpha value is -2.41. The molecule has 0 bridgehead atoms. The maximum Gasteiger partial charge on any atom is 0.303 e. The number of carbonyl (C=O) groups is 1. The summed E-state index contributed by atoms with van der Waals surface area (Å²) >= 11 is 12.5. The number of benzene rings is 2. The Morgan fingerprint density at radius 3 is 2.84 bits per heavy atom. The van der Waals surface area contributed by atoms with E-state index in [2.05, 4.69) is 9.88 Å². The smallest absolute Gasteiger partial charge is 0.303 e. The summed E-state index contributed by atoms with van der Waals surface area (Å²) in [6, 6.07) is 13.0. The third-order valence-electron chi connectivity index (χ3n) is 7.77. The van der Waals surface area contributed by atoms with Gasteiger partial charge in [0.2, 0.25) is 0 Å². The number of aliphatic carboxylic acids is 1. The number of aromatic nitrogens is 1. The van der Waals surface area contributed by atoms with Crippen LogP contribution in [-0.2, 0) is 11.2 Å². The number of hydrogen-bond donors (Lipinski definition) is 1. The zero-order chi connectivity index (χ0) is 27.1. The molecule has 1 aromatic heterocycles. The van der Waals surface area contributed by atoms with E-state index in [-0.39, 0.29) is 12.3 Å². The quantitative estimate of drug-likeness (QED) is 0.245. The van der Waals surface area contributed by atoms with Crippen molar-refractivity contribution in [2.24, 2.45) is 11.8 Å². The molecular weight excluding hydrogens is 526 g/mol. The largest absolute Gasteiger partial charge is 0.497 e. The Bertz CT molecular complexity index is 1240. The fraction of sp³-hybridized carbons (Fsp3) is 0.467. The zero-order valence-electron chi connectivity index (χ0n) is 21.7. The molecule has 0 spiro atoms. The molecule has 0 amide bonds. The van der Waals surface area contributed by atoms with Crippen molar-refractivity contribution in [2.45, 2.75) is 51.1 Å². The van der Waals surface area contributed by atoms with E-state index in [1.165, 1.54) is 0 Å². The first-order valence-corrected chi connectivity index (χ1v) is 14.0. The summed E-state index contributed by atoms with van der Waals surface area (Å²) in [5, 5.41) is 11.3. The Morgan fingerprint density at radius 1 is 1.21 bits per heavy atom. The van der Waals surface area contributed by atoms with E-state index < -0.39 is 12.1 Å². The van der Waals surface area contributed by atoms with Gasteiger partial charge in [0.05, 0.1) is 22.7 Å². The fourth-order valence-corrected chi connectivity index (χ4v) is 6.09. The van der Waals surface area contributed by atoms with Crippen LogP contribution in [0.4, 0.5) is 4.39 Å². The predicted octanol–water partition coefficient (Wildman–Crippen LogP) is 7.78. The number of carboxylic acid groups (broad SMARTS) is 1. The molecule has 38 heavy (non-hydrogen) atoms. The van der Waals surface area contributed by atoms with Crippen LogP contribution in [0.3, 0.4) is 0 Å². The van der Waals surface area contributed by atoms with Crippen LogP contribution in [0.15, 0.2) is 48.7 Å². The number of likely N-dealkylation sites (tertiary alicyclic amines) is 1. The maximum atomic E-state index is 15.6. The van der Waals surface area contributed by atoms with Crippen LogP contribution in [0.25, 0.3) is 10.9 Å². The van der Waals surface area contributed by atoms with E-state index in [4.69, 9.17) is 27.9 Å². The van der Waals surface area contributed by atoms with Crippen molar-refractivity contribution >= 4 is 40.1 Å². The van der Waals surface area contributed by atoms with Crippen molar-refractivity contribution in [1.29, 1.82) is 0 Å². The number of nitrogens with zero attached hydrogens (tertiary/aromatic N) is 2. The zero-order valence-corrected chi connectivity index (χ0v) is 23.2. The molecule has 1 N–H and O–H groups in total. The van der Waals surface area contributed by atoms with E-state index in [9.17, 15) is 9.90 Å². The van der Waals surface area contributed by atoms with Gasteiger partial charge in [-0.25, -0.2) is 4.39 Å². The van der Waals surface area contributed by atoms with Gasteiger partial charge in [0.1, 0.15) is 11.9 Å². The molecule has 8 heteroatoms. The number of rotatable bonds is 12. The average Bonchev–Trinajstić information content (AvgIpc) is 2.92. The second-order valence-electron chi connectivity index (χ2n) is 10.2. The molecule has 2 unspecified atom stereocenters. The first-order chi connectivity index (χ1) is 18.4. The molecule has 2 aromatic carbocycles. The van der Waals surface area contributed by atoms with E-state index in [1.54, 1.807) is 25.4 Å². The van der Waals surface area contributed by atoms with Crippen molar-refractivity contribution in [3.63, 3.8) is 0 Å². The maximum absolute atomic E-state index is 15.6. The van der Waals surface area contributed by atoms with E-state index in [0.29, 0.717) is 40.1 Å². The van der Waals surface area contributed by atoms with E-state index in [0.717, 1.165) is 61.8 Å². The first-order valence-electron chi connectivity index (χ1n) is 13.3. The molecule has 2 heterocycles. The lowest BCUT2D eigenvalue weighted by atomic mass is 9.79. The van der Waals surface area contributed by atoms with Crippen molar-refractivity contribution in [3.8, 4) is 5.75 Å². The molecule has 204 valence electrons. The predicted molar refractivity (Wildman–Crippen MR) is 151 cm³/mol. The van der Waals surface area contributed by atoms with Crippen LogP contribution >= 0.6 is 23.2 Å². The molecule has 1 saturated heterocycles. The SMILES string of the molecule is COc1ccc2nccc([C@@H](F)CCC3CCN(CCCc4cccc(Cl)c4Cl)CC3CCC(=O)O)c2c1. The summed E-state index contributed by atoms with van der Waals surface area (Å²) in [5.74, 6) is 0.430. The van der Waals surface area contributed by atoms with Crippen molar-refractivity contribution in [1.82, 2.24) is 9.88 Å². The third kappa shape index (κ3) is 7.37. The lowest BCUT2D eigenvalue weighted by molar-refractivity contribution is -0.137. The molecule has 0 aliphatic carbocycles. The van der Waals surface area contributed by atoms with Gasteiger partial charge < -0.3 is 14.7 Å². The van der Waals surface area contributed by atoms with Gasteiger partial charge in [0, 0.05) is 24.5 Å². The lowest BCUT2D eigenvalue weighted by Crippen LogP contribution is -2.41. The lowest BCUT2D eigenvalue weighted by Gasteiger charge is -2.39. The molecule has 3 aromatic rings. The summed E-state index contributed by atoms with van der Waals surface area (Å²) in [6.07, 6.45) is 5.15. The number of fused-ring (bicyclic) bond motifs is 1. The minimum Gasteiger partial charge on any atom is -0.497 e. The van der Waals surface area contributed by atoms with Gasteiger partial charge >= 0.3 is 5.97 Å². The molecule has 0 saturated carbocycles. The van der Waals surface area contributed by atoms with Crippen LogP contribution in [0.5, 0.6) is 5.75 Å². The molecule has 5 nitrogen and oxygen atoms in total. The summed E-state index contributed by atoms with van der Waals surface area (Å²) in [4.78, 5) is 18.1. The minimum absolute atomic E-state index is 0.140. The Kier molecular flexibility index (Phi) is 10.2.